The molecule has 0 amide bonds. The Morgan fingerprint density at radius 2 is 2.00 bits per heavy atom. The number of allylic oxidation sites excluding steroid dienone is 3. The van der Waals surface area contributed by atoms with E-state index in [-0.39, 0.29) is 0 Å². The second kappa shape index (κ2) is 7.49. The summed E-state index contributed by atoms with van der Waals surface area (Å²) in [4.78, 5) is 0. The van der Waals surface area contributed by atoms with Crippen LogP contribution in [0.1, 0.15) is 44.2 Å². The van der Waals surface area contributed by atoms with Gasteiger partial charge in [-0.25, -0.2) is 0 Å². The largest absolute Gasteiger partial charge is 0.0955 e. The van der Waals surface area contributed by atoms with Gasteiger partial charge in [-0.1, -0.05) is 60.1 Å². The third kappa shape index (κ3) is 4.50. The summed E-state index contributed by atoms with van der Waals surface area (Å²) >= 11 is 3.58. The van der Waals surface area contributed by atoms with E-state index in [0.717, 1.165) is 16.5 Å². The molecule has 0 atom stereocenters. The van der Waals surface area contributed by atoms with Crippen molar-refractivity contribution in [3.8, 4) is 0 Å². The van der Waals surface area contributed by atoms with Crippen LogP contribution in [0.4, 0.5) is 0 Å². The minimum atomic E-state index is 1.04. The first-order valence-electron chi connectivity index (χ1n) is 6.78. The van der Waals surface area contributed by atoms with Gasteiger partial charge in [0.15, 0.2) is 0 Å². The highest BCUT2D eigenvalue weighted by Gasteiger charge is 2.06. The lowest BCUT2D eigenvalue weighted by molar-refractivity contribution is 0.795. The average Bonchev–Trinajstić information content (AvgIpc) is 2.37. The van der Waals surface area contributed by atoms with Crippen LogP contribution in [0.5, 0.6) is 0 Å². The van der Waals surface area contributed by atoms with Crippen molar-refractivity contribution >= 4 is 22.0 Å². The maximum atomic E-state index is 4.22. The van der Waals surface area contributed by atoms with E-state index >= 15 is 0 Å². The van der Waals surface area contributed by atoms with Crippen molar-refractivity contribution in [2.75, 3.05) is 0 Å². The van der Waals surface area contributed by atoms with Gasteiger partial charge in [0.1, 0.15) is 0 Å². The van der Waals surface area contributed by atoms with Crippen molar-refractivity contribution in [2.24, 2.45) is 0 Å². The van der Waals surface area contributed by atoms with Crippen LogP contribution in [0.3, 0.4) is 0 Å². The predicted octanol–water partition coefficient (Wildman–Crippen LogP) is 6.46. The fourth-order valence-electron chi connectivity index (χ4n) is 1.99. The molecule has 0 unspecified atom stereocenters. The molecule has 1 heteroatoms. The van der Waals surface area contributed by atoms with E-state index < -0.39 is 0 Å². The van der Waals surface area contributed by atoms with Gasteiger partial charge >= 0.3 is 0 Å². The minimum absolute atomic E-state index is 1.04. The first kappa shape index (κ1) is 16.0. The van der Waals surface area contributed by atoms with Crippen molar-refractivity contribution in [3.63, 3.8) is 0 Å². The predicted molar refractivity (Wildman–Crippen MR) is 90.3 cm³/mol. The molecule has 0 aliphatic carbocycles. The van der Waals surface area contributed by atoms with Gasteiger partial charge in [-0.3, -0.25) is 0 Å². The third-order valence-corrected chi connectivity index (χ3v) is 4.14. The van der Waals surface area contributed by atoms with Gasteiger partial charge < -0.3 is 0 Å². The minimum Gasteiger partial charge on any atom is -0.0955 e. The maximum Gasteiger partial charge on any atom is 0.0210 e. The molecule has 0 aliphatic rings. The smallest absolute Gasteiger partial charge is 0.0210 e. The van der Waals surface area contributed by atoms with Gasteiger partial charge in [-0.05, 0) is 61.1 Å². The summed E-state index contributed by atoms with van der Waals surface area (Å²) in [6, 6.07) is 6.27. The van der Waals surface area contributed by atoms with E-state index in [0.29, 0.717) is 0 Å². The Kier molecular flexibility index (Phi) is 6.30. The molecule has 1 aromatic carbocycles. The van der Waals surface area contributed by atoms with Gasteiger partial charge in [0, 0.05) is 4.47 Å². The van der Waals surface area contributed by atoms with Crippen molar-refractivity contribution in [3.05, 3.63) is 63.7 Å². The van der Waals surface area contributed by atoms with E-state index in [1.807, 2.05) is 0 Å². The molecule has 102 valence electrons. The number of unbranched alkanes of at least 4 members (excludes halogenated alkanes) is 1. The van der Waals surface area contributed by atoms with Crippen LogP contribution in [0.25, 0.3) is 6.08 Å². The Morgan fingerprint density at radius 3 is 2.58 bits per heavy atom. The Hall–Kier alpha value is -1.08. The molecule has 19 heavy (non-hydrogen) atoms. The summed E-state index contributed by atoms with van der Waals surface area (Å²) in [5.74, 6) is 0. The average molecular weight is 319 g/mol. The zero-order valence-corrected chi connectivity index (χ0v) is 13.8. The molecule has 0 saturated carbocycles. The number of benzene rings is 1. The molecule has 0 bridgehead atoms. The maximum absolute atomic E-state index is 4.22. The first-order valence-corrected chi connectivity index (χ1v) is 7.57. The lowest BCUT2D eigenvalue weighted by atomic mass is 9.94. The summed E-state index contributed by atoms with van der Waals surface area (Å²) in [5.41, 5.74) is 5.94. The molecule has 0 saturated heterocycles. The van der Waals surface area contributed by atoms with Gasteiger partial charge in [-0.15, -0.1) is 0 Å². The number of rotatable bonds is 6. The quantitative estimate of drug-likeness (QED) is 0.528. The van der Waals surface area contributed by atoms with Crippen molar-refractivity contribution in [2.45, 2.75) is 40.0 Å². The summed E-state index contributed by atoms with van der Waals surface area (Å²) in [6.45, 7) is 14.7. The summed E-state index contributed by atoms with van der Waals surface area (Å²) in [5, 5.41) is 0. The SMILES string of the molecule is C=C(C)/C(=C\c1cccc(Br)c1C)C(=C)CCCC. The van der Waals surface area contributed by atoms with E-state index in [2.05, 4.69) is 74.1 Å². The Labute approximate surface area is 126 Å². The van der Waals surface area contributed by atoms with Crippen LogP contribution in [0.2, 0.25) is 0 Å². The summed E-state index contributed by atoms with van der Waals surface area (Å²) in [7, 11) is 0. The summed E-state index contributed by atoms with van der Waals surface area (Å²) in [6.07, 6.45) is 5.63. The van der Waals surface area contributed by atoms with Crippen LogP contribution >= 0.6 is 15.9 Å². The highest BCUT2D eigenvalue weighted by Crippen LogP contribution is 2.27. The van der Waals surface area contributed by atoms with E-state index in [4.69, 9.17) is 0 Å². The number of hydrogen-bond donors (Lipinski definition) is 0. The van der Waals surface area contributed by atoms with Gasteiger partial charge in [0.2, 0.25) is 0 Å². The van der Waals surface area contributed by atoms with Crippen molar-refractivity contribution in [1.29, 1.82) is 0 Å². The van der Waals surface area contributed by atoms with Crippen molar-refractivity contribution < 1.29 is 0 Å². The molecule has 0 heterocycles. The highest BCUT2D eigenvalue weighted by atomic mass is 79.9. The van der Waals surface area contributed by atoms with Crippen LogP contribution in [-0.2, 0) is 0 Å². The van der Waals surface area contributed by atoms with Crippen LogP contribution in [-0.4, -0.2) is 0 Å². The van der Waals surface area contributed by atoms with Gasteiger partial charge in [-0.2, -0.15) is 0 Å². The monoisotopic (exact) mass is 318 g/mol. The van der Waals surface area contributed by atoms with Crippen LogP contribution in [0.15, 0.2) is 52.5 Å². The van der Waals surface area contributed by atoms with Gasteiger partial charge in [0.05, 0.1) is 0 Å². The zero-order valence-electron chi connectivity index (χ0n) is 12.2. The molecular weight excluding hydrogens is 296 g/mol. The lowest BCUT2D eigenvalue weighted by Crippen LogP contribution is -1.92. The molecule has 0 spiro atoms. The Morgan fingerprint density at radius 1 is 1.32 bits per heavy atom. The fourth-order valence-corrected chi connectivity index (χ4v) is 2.37. The molecular formula is C18H23Br. The van der Waals surface area contributed by atoms with E-state index in [1.165, 1.54) is 35.1 Å². The number of hydrogen-bond acceptors (Lipinski definition) is 0. The molecule has 0 nitrogen and oxygen atoms in total. The highest BCUT2D eigenvalue weighted by molar-refractivity contribution is 9.10. The molecule has 1 aromatic rings. The molecule has 0 N–H and O–H groups in total. The lowest BCUT2D eigenvalue weighted by Gasteiger charge is -2.12. The number of halogens is 1. The second-order valence-corrected chi connectivity index (χ2v) is 5.85. The van der Waals surface area contributed by atoms with E-state index in [1.54, 1.807) is 0 Å². The standard InChI is InChI=1S/C18H23Br/c1-6-7-9-14(4)17(13(2)3)12-16-10-8-11-18(19)15(16)5/h8,10-12H,2,4,6-7,9H2,1,3,5H3/b17-12+. The van der Waals surface area contributed by atoms with Gasteiger partial charge in [0.25, 0.3) is 0 Å². The summed E-state index contributed by atoms with van der Waals surface area (Å²) < 4.78 is 1.14. The fraction of sp³-hybridized carbons (Fsp3) is 0.333. The Balaban J connectivity index is 3.11. The normalized spacial score (nSPS) is 11.5. The third-order valence-electron chi connectivity index (χ3n) is 3.28. The molecule has 0 radical (unpaired) electrons. The molecule has 1 rings (SSSR count). The second-order valence-electron chi connectivity index (χ2n) is 5.00. The van der Waals surface area contributed by atoms with E-state index in [9.17, 15) is 0 Å². The van der Waals surface area contributed by atoms with Crippen LogP contribution in [0, 0.1) is 6.92 Å². The van der Waals surface area contributed by atoms with Crippen LogP contribution < -0.4 is 0 Å². The first-order chi connectivity index (χ1) is 8.97. The van der Waals surface area contributed by atoms with Crippen molar-refractivity contribution in [1.82, 2.24) is 0 Å². The molecule has 0 aromatic heterocycles. The molecule has 0 fully saturated rings. The Bertz CT molecular complexity index is 506. The zero-order chi connectivity index (χ0) is 14.4. The topological polar surface area (TPSA) is 0 Å². The molecule has 0 aliphatic heterocycles.